The number of anilines is 6. The number of benzene rings is 12. The summed E-state index contributed by atoms with van der Waals surface area (Å²) in [7, 11) is 0. The third kappa shape index (κ3) is 9.77. The lowest BCUT2D eigenvalue weighted by Crippen LogP contribution is -2.17. The quantitative estimate of drug-likeness (QED) is 0.135. The second-order valence-corrected chi connectivity index (χ2v) is 29.5. The molecule has 0 aliphatic heterocycles. The van der Waals surface area contributed by atoms with Crippen molar-refractivity contribution in [3.63, 3.8) is 0 Å². The average molecular weight is 1180 g/mol. The van der Waals surface area contributed by atoms with Gasteiger partial charge in [-0.3, -0.25) is 0 Å². The molecule has 0 N–H and O–H groups in total. The van der Waals surface area contributed by atoms with Crippen molar-refractivity contribution in [1.29, 1.82) is 0 Å². The Labute approximate surface area is 540 Å². The summed E-state index contributed by atoms with van der Waals surface area (Å²) in [5, 5.41) is 0. The van der Waals surface area contributed by atoms with E-state index in [0.717, 1.165) is 34.1 Å². The molecule has 0 heterocycles. The van der Waals surface area contributed by atoms with Crippen LogP contribution in [0.4, 0.5) is 34.1 Å². The molecule has 12 aromatic carbocycles. The van der Waals surface area contributed by atoms with Crippen LogP contribution in [-0.2, 0) is 27.1 Å². The zero-order valence-corrected chi connectivity index (χ0v) is 54.8. The van der Waals surface area contributed by atoms with E-state index < -0.39 is 0 Å². The van der Waals surface area contributed by atoms with Gasteiger partial charge in [-0.2, -0.15) is 0 Å². The molecule has 2 nitrogen and oxygen atoms in total. The molecule has 0 saturated carbocycles. The Balaban J connectivity index is 0.689. The minimum absolute atomic E-state index is 0.0554. The van der Waals surface area contributed by atoms with E-state index in [1.54, 1.807) is 0 Å². The minimum atomic E-state index is -0.188. The first-order chi connectivity index (χ1) is 43.6. The maximum Gasteiger partial charge on any atom is 0.0467 e. The van der Waals surface area contributed by atoms with Gasteiger partial charge in [-0.1, -0.05) is 265 Å². The van der Waals surface area contributed by atoms with Gasteiger partial charge in [0, 0.05) is 50.4 Å². The van der Waals surface area contributed by atoms with Crippen molar-refractivity contribution in [3.05, 3.63) is 311 Å². The molecule has 0 spiro atoms. The Morgan fingerprint density at radius 3 is 0.824 bits per heavy atom. The van der Waals surface area contributed by atoms with Gasteiger partial charge < -0.3 is 9.80 Å². The smallest absolute Gasteiger partial charge is 0.0467 e. The summed E-state index contributed by atoms with van der Waals surface area (Å²) in [4.78, 5) is 4.87. The van der Waals surface area contributed by atoms with Crippen molar-refractivity contribution >= 4 is 34.1 Å². The number of rotatable bonds is 10. The highest BCUT2D eigenvalue weighted by molar-refractivity contribution is 5.91. The lowest BCUT2D eigenvalue weighted by Gasteiger charge is -2.29. The van der Waals surface area contributed by atoms with Crippen LogP contribution in [0.15, 0.2) is 267 Å². The molecule has 3 aliphatic carbocycles. The summed E-state index contributed by atoms with van der Waals surface area (Å²) in [6.07, 6.45) is 0. The van der Waals surface area contributed by atoms with Crippen LogP contribution in [0.2, 0.25) is 0 Å². The SMILES string of the molecule is CC(C)(C)c1ccc(N(c2cccc(-c3ccc(-c4ccc5c(c4)C(C)(C)c4cc(-c6ccc(-c7cccc(N(c8ccc(C(C)(C)C)cc8)c8ccc9c(c8)C(C)(C)c8ccccc8-9)c7)cc6)ccc4-5)cc3)c2)c2ccc3c(c2)C(C)(C)c2ccccc2-3)cc1. The van der Waals surface area contributed by atoms with Gasteiger partial charge >= 0.3 is 0 Å². The van der Waals surface area contributed by atoms with Crippen molar-refractivity contribution in [1.82, 2.24) is 0 Å². The second-order valence-electron chi connectivity index (χ2n) is 29.5. The molecule has 91 heavy (non-hydrogen) atoms. The molecule has 2 heteroatoms. The first-order valence-corrected chi connectivity index (χ1v) is 32.6. The summed E-state index contributed by atoms with van der Waals surface area (Å²) in [5.41, 5.74) is 35.0. The van der Waals surface area contributed by atoms with Gasteiger partial charge in [-0.25, -0.2) is 0 Å². The molecule has 446 valence electrons. The van der Waals surface area contributed by atoms with Crippen molar-refractivity contribution in [2.75, 3.05) is 9.80 Å². The van der Waals surface area contributed by atoms with Crippen LogP contribution < -0.4 is 9.80 Å². The third-order valence-electron chi connectivity index (χ3n) is 20.6. The monoisotopic (exact) mass is 1180 g/mol. The van der Waals surface area contributed by atoms with Crippen molar-refractivity contribution < 1.29 is 0 Å². The van der Waals surface area contributed by atoms with Crippen LogP contribution in [0, 0.1) is 0 Å². The molecule has 0 bridgehead atoms. The number of nitrogens with zero attached hydrogens (tertiary/aromatic N) is 2. The first-order valence-electron chi connectivity index (χ1n) is 32.6. The molecule has 0 radical (unpaired) electrons. The fraction of sp³-hybridized carbons (Fsp3) is 0.191. The molecule has 0 aromatic heterocycles. The van der Waals surface area contributed by atoms with Gasteiger partial charge in [0.1, 0.15) is 0 Å². The van der Waals surface area contributed by atoms with E-state index in [9.17, 15) is 0 Å². The first kappa shape index (κ1) is 57.7. The largest absolute Gasteiger partial charge is 0.310 e. The molecule has 3 aliphatic rings. The standard InChI is InChI=1S/C89H80N2/c1-85(2,3)65-37-41-67(42-38-65)90(71-45-49-77-73-23-13-15-25-79(73)87(7,8)83(77)55-71)69-21-17-19-61(51-69)57-27-31-59(32-28-57)63-35-47-75-76-48-36-64(54-82(76)89(11,12)81(75)53-63)60-33-29-58(30-34-60)62-20-18-22-70(52-62)91(68-43-39-66(40-44-68)86(4,5)6)72-46-50-78-74-24-14-16-26-80(74)88(9,10)84(78)56-72/h13-56H,1-12H3. The molecule has 12 aromatic rings. The van der Waals surface area contributed by atoms with Gasteiger partial charge in [-0.05, 0) is 218 Å². The topological polar surface area (TPSA) is 6.48 Å². The average Bonchev–Trinajstić information content (AvgIpc) is 1.62. The number of hydrogen-bond acceptors (Lipinski definition) is 2. The van der Waals surface area contributed by atoms with E-state index >= 15 is 0 Å². The second kappa shape index (κ2) is 21.2. The normalized spacial score (nSPS) is 14.4. The fourth-order valence-corrected chi connectivity index (χ4v) is 15.2. The molecule has 0 amide bonds. The summed E-state index contributed by atoms with van der Waals surface area (Å²) < 4.78 is 0. The Bertz CT molecular complexity index is 4520. The highest BCUT2D eigenvalue weighted by atomic mass is 15.1. The Morgan fingerprint density at radius 1 is 0.209 bits per heavy atom. The summed E-state index contributed by atoms with van der Waals surface area (Å²) in [6.45, 7) is 28.0. The van der Waals surface area contributed by atoms with Gasteiger partial charge in [0.05, 0.1) is 0 Å². The highest BCUT2D eigenvalue weighted by Gasteiger charge is 2.39. The van der Waals surface area contributed by atoms with Crippen LogP contribution in [0.3, 0.4) is 0 Å². The van der Waals surface area contributed by atoms with Crippen molar-refractivity contribution in [3.8, 4) is 77.9 Å². The van der Waals surface area contributed by atoms with Crippen molar-refractivity contribution in [2.45, 2.75) is 110 Å². The van der Waals surface area contributed by atoms with Gasteiger partial charge in [-0.15, -0.1) is 0 Å². The molecule has 0 saturated heterocycles. The van der Waals surface area contributed by atoms with Crippen LogP contribution in [0.5, 0.6) is 0 Å². The van der Waals surface area contributed by atoms with Crippen LogP contribution >= 0.6 is 0 Å². The van der Waals surface area contributed by atoms with E-state index in [1.807, 2.05) is 0 Å². The predicted octanol–water partition coefficient (Wildman–Crippen LogP) is 24.8. The lowest BCUT2D eigenvalue weighted by atomic mass is 9.80. The molecule has 0 atom stereocenters. The minimum Gasteiger partial charge on any atom is -0.310 e. The Hall–Kier alpha value is -9.76. The predicted molar refractivity (Wildman–Crippen MR) is 388 cm³/mol. The summed E-state index contributed by atoms with van der Waals surface area (Å²) in [6, 6.07) is 101. The van der Waals surface area contributed by atoms with Crippen molar-refractivity contribution in [2.24, 2.45) is 0 Å². The molecule has 0 unspecified atom stereocenters. The van der Waals surface area contributed by atoms with E-state index in [4.69, 9.17) is 0 Å². The van der Waals surface area contributed by atoms with E-state index in [0.29, 0.717) is 0 Å². The van der Waals surface area contributed by atoms with Gasteiger partial charge in [0.2, 0.25) is 0 Å². The summed E-state index contributed by atoms with van der Waals surface area (Å²) in [5.74, 6) is 0. The lowest BCUT2D eigenvalue weighted by molar-refractivity contribution is 0.590. The van der Waals surface area contributed by atoms with Gasteiger partial charge in [0.25, 0.3) is 0 Å². The van der Waals surface area contributed by atoms with Crippen LogP contribution in [0.1, 0.15) is 128 Å². The van der Waals surface area contributed by atoms with E-state index in [1.165, 1.54) is 122 Å². The zero-order valence-electron chi connectivity index (χ0n) is 54.8. The molecule has 0 fully saturated rings. The maximum atomic E-state index is 2.44. The molecular weight excluding hydrogens is 1100 g/mol. The third-order valence-corrected chi connectivity index (χ3v) is 20.6. The summed E-state index contributed by atoms with van der Waals surface area (Å²) >= 11 is 0. The van der Waals surface area contributed by atoms with Crippen LogP contribution in [0.25, 0.3) is 77.9 Å². The Kier molecular flexibility index (Phi) is 13.4. The number of fused-ring (bicyclic) bond motifs is 9. The number of hydrogen-bond donors (Lipinski definition) is 0. The maximum absolute atomic E-state index is 2.44. The Morgan fingerprint density at radius 2 is 0.473 bits per heavy atom. The van der Waals surface area contributed by atoms with Crippen LogP contribution in [-0.4, -0.2) is 0 Å². The zero-order chi connectivity index (χ0) is 62.9. The van der Waals surface area contributed by atoms with E-state index in [-0.39, 0.29) is 27.1 Å². The molecular formula is C89H80N2. The van der Waals surface area contributed by atoms with Gasteiger partial charge in [0.15, 0.2) is 0 Å². The molecule has 15 rings (SSSR count). The highest BCUT2D eigenvalue weighted by Crippen LogP contribution is 2.54. The van der Waals surface area contributed by atoms with E-state index in [2.05, 4.69) is 360 Å². The fourth-order valence-electron chi connectivity index (χ4n) is 15.2.